The molecule has 0 saturated carbocycles. The quantitative estimate of drug-likeness (QED) is 0.629. The molecule has 3 aromatic rings. The van der Waals surface area contributed by atoms with E-state index in [1.807, 2.05) is 0 Å². The Morgan fingerprint density at radius 3 is 2.36 bits per heavy atom. The Morgan fingerprint density at radius 1 is 1.07 bits per heavy atom. The summed E-state index contributed by atoms with van der Waals surface area (Å²) in [6.07, 6.45) is 3.06. The largest absolute Gasteiger partial charge is 0.441 e. The van der Waals surface area contributed by atoms with Crippen LogP contribution in [0.3, 0.4) is 0 Å². The van der Waals surface area contributed by atoms with Gasteiger partial charge in [-0.05, 0) is 48.5 Å². The first-order valence-electron chi connectivity index (χ1n) is 8.37. The van der Waals surface area contributed by atoms with Gasteiger partial charge in [-0.3, -0.25) is 9.52 Å². The molecule has 0 aliphatic heterocycles. The summed E-state index contributed by atoms with van der Waals surface area (Å²) in [4.78, 5) is 16.2. The molecule has 0 radical (unpaired) electrons. The van der Waals surface area contributed by atoms with E-state index in [2.05, 4.69) is 15.0 Å². The first-order chi connectivity index (χ1) is 13.3. The zero-order valence-electron chi connectivity index (χ0n) is 15.0. The highest BCUT2D eigenvalue weighted by molar-refractivity contribution is 7.92. The van der Waals surface area contributed by atoms with E-state index in [0.717, 1.165) is 6.26 Å². The predicted molar refractivity (Wildman–Crippen MR) is 104 cm³/mol. The molecule has 0 atom stereocenters. The van der Waals surface area contributed by atoms with Gasteiger partial charge < -0.3 is 9.73 Å². The van der Waals surface area contributed by atoms with Gasteiger partial charge in [0.1, 0.15) is 5.82 Å². The number of nitrogens with one attached hydrogen (secondary N) is 2. The molecular weight excluding hydrogens is 385 g/mol. The fraction of sp³-hybridized carbons (Fsp3) is 0.158. The zero-order valence-corrected chi connectivity index (χ0v) is 15.8. The number of carbonyl (C=O) groups is 1. The smallest absolute Gasteiger partial charge is 0.229 e. The van der Waals surface area contributed by atoms with Gasteiger partial charge in [-0.2, -0.15) is 0 Å². The van der Waals surface area contributed by atoms with Crippen LogP contribution in [0.4, 0.5) is 15.8 Å². The van der Waals surface area contributed by atoms with Gasteiger partial charge in [0.05, 0.1) is 12.5 Å². The third-order valence-electron chi connectivity index (χ3n) is 3.72. The molecule has 0 spiro atoms. The van der Waals surface area contributed by atoms with E-state index in [4.69, 9.17) is 4.42 Å². The zero-order chi connectivity index (χ0) is 20.1. The van der Waals surface area contributed by atoms with Crippen molar-refractivity contribution in [3.8, 4) is 11.3 Å². The third-order valence-corrected chi connectivity index (χ3v) is 4.33. The van der Waals surface area contributed by atoms with Crippen LogP contribution in [0.25, 0.3) is 11.3 Å². The summed E-state index contributed by atoms with van der Waals surface area (Å²) in [5.41, 5.74) is 1.66. The lowest BCUT2D eigenvalue weighted by atomic mass is 10.2. The molecule has 0 aliphatic carbocycles. The number of halogens is 1. The summed E-state index contributed by atoms with van der Waals surface area (Å²) in [5, 5.41) is 2.72. The molecule has 0 saturated heterocycles. The lowest BCUT2D eigenvalue weighted by molar-refractivity contribution is -0.116. The second-order valence-corrected chi connectivity index (χ2v) is 7.87. The molecule has 146 valence electrons. The molecule has 0 aliphatic rings. The Kier molecular flexibility index (Phi) is 5.74. The third kappa shape index (κ3) is 5.65. The van der Waals surface area contributed by atoms with Crippen LogP contribution in [0.5, 0.6) is 0 Å². The Hall–Kier alpha value is -3.20. The number of carbonyl (C=O) groups excluding carboxylic acids is 1. The van der Waals surface area contributed by atoms with Crippen molar-refractivity contribution in [2.24, 2.45) is 0 Å². The summed E-state index contributed by atoms with van der Waals surface area (Å²) in [7, 11) is -3.35. The maximum absolute atomic E-state index is 13.0. The standard InChI is InChI=1S/C19H18FN3O4S/c1-28(25,26)23-16-8-6-15(7-9-16)22-18(24)10-11-19-21-12-17(27-19)13-2-4-14(20)5-3-13/h2-9,12,23H,10-11H2,1H3,(H,22,24). The number of aryl methyl sites for hydroxylation is 1. The van der Waals surface area contributed by atoms with E-state index in [1.54, 1.807) is 36.4 Å². The molecular formula is C19H18FN3O4S. The molecule has 2 aromatic carbocycles. The molecule has 1 aromatic heterocycles. The SMILES string of the molecule is CS(=O)(=O)Nc1ccc(NC(=O)CCc2ncc(-c3ccc(F)cc3)o2)cc1. The molecule has 2 N–H and O–H groups in total. The Bertz CT molecular complexity index is 1060. The van der Waals surface area contributed by atoms with Crippen LogP contribution >= 0.6 is 0 Å². The minimum Gasteiger partial charge on any atom is -0.441 e. The molecule has 3 rings (SSSR count). The van der Waals surface area contributed by atoms with E-state index in [9.17, 15) is 17.6 Å². The van der Waals surface area contributed by atoms with Gasteiger partial charge in [0.15, 0.2) is 11.7 Å². The van der Waals surface area contributed by atoms with Gasteiger partial charge in [-0.25, -0.2) is 17.8 Å². The van der Waals surface area contributed by atoms with Crippen LogP contribution < -0.4 is 10.0 Å². The fourth-order valence-electron chi connectivity index (χ4n) is 2.45. The van der Waals surface area contributed by atoms with E-state index >= 15 is 0 Å². The van der Waals surface area contributed by atoms with E-state index in [-0.39, 0.29) is 18.1 Å². The second-order valence-electron chi connectivity index (χ2n) is 6.12. The average Bonchev–Trinajstić information content (AvgIpc) is 3.10. The molecule has 0 bridgehead atoms. The van der Waals surface area contributed by atoms with Gasteiger partial charge in [0, 0.05) is 29.8 Å². The summed E-state index contributed by atoms with van der Waals surface area (Å²) in [6.45, 7) is 0. The second kappa shape index (κ2) is 8.22. The van der Waals surface area contributed by atoms with E-state index in [1.165, 1.54) is 18.3 Å². The average molecular weight is 403 g/mol. The number of benzene rings is 2. The number of sulfonamides is 1. The van der Waals surface area contributed by atoms with Crippen molar-refractivity contribution in [3.63, 3.8) is 0 Å². The maximum atomic E-state index is 13.0. The molecule has 28 heavy (non-hydrogen) atoms. The molecule has 0 unspecified atom stereocenters. The summed E-state index contributed by atoms with van der Waals surface area (Å²) < 4.78 is 43.3. The number of rotatable bonds is 7. The molecule has 7 nitrogen and oxygen atoms in total. The Morgan fingerprint density at radius 2 is 1.71 bits per heavy atom. The molecule has 1 amide bonds. The van der Waals surface area contributed by atoms with Gasteiger partial charge in [0.2, 0.25) is 15.9 Å². The molecule has 1 heterocycles. The van der Waals surface area contributed by atoms with Crippen molar-refractivity contribution < 1.29 is 22.0 Å². The van der Waals surface area contributed by atoms with Crippen LogP contribution in [-0.2, 0) is 21.2 Å². The number of aromatic nitrogens is 1. The lowest BCUT2D eigenvalue weighted by Gasteiger charge is -2.07. The van der Waals surface area contributed by atoms with E-state index < -0.39 is 10.0 Å². The summed E-state index contributed by atoms with van der Waals surface area (Å²) in [5.74, 6) is 0.345. The Balaban J connectivity index is 1.52. The van der Waals surface area contributed by atoms with Gasteiger partial charge in [-0.15, -0.1) is 0 Å². The normalized spacial score (nSPS) is 11.2. The van der Waals surface area contributed by atoms with Crippen LogP contribution in [-0.4, -0.2) is 25.6 Å². The van der Waals surface area contributed by atoms with Crippen LogP contribution in [0, 0.1) is 5.82 Å². The number of oxazole rings is 1. The first-order valence-corrected chi connectivity index (χ1v) is 10.3. The minimum atomic E-state index is -3.35. The number of hydrogen-bond acceptors (Lipinski definition) is 5. The first kappa shape index (κ1) is 19.6. The highest BCUT2D eigenvalue weighted by atomic mass is 32.2. The van der Waals surface area contributed by atoms with Crippen LogP contribution in [0.1, 0.15) is 12.3 Å². The van der Waals surface area contributed by atoms with Crippen molar-refractivity contribution >= 4 is 27.3 Å². The Labute approximate surface area is 161 Å². The number of amides is 1. The lowest BCUT2D eigenvalue weighted by Crippen LogP contribution is -2.13. The maximum Gasteiger partial charge on any atom is 0.229 e. The minimum absolute atomic E-state index is 0.159. The molecule has 9 heteroatoms. The molecule has 0 fully saturated rings. The van der Waals surface area contributed by atoms with E-state index in [0.29, 0.717) is 35.0 Å². The number of nitrogens with zero attached hydrogens (tertiary/aromatic N) is 1. The van der Waals surface area contributed by atoms with Crippen LogP contribution in [0.15, 0.2) is 59.1 Å². The summed E-state index contributed by atoms with van der Waals surface area (Å²) in [6, 6.07) is 12.2. The highest BCUT2D eigenvalue weighted by Gasteiger charge is 2.10. The monoisotopic (exact) mass is 403 g/mol. The van der Waals surface area contributed by atoms with Crippen molar-refractivity contribution in [3.05, 3.63) is 66.4 Å². The topological polar surface area (TPSA) is 101 Å². The van der Waals surface area contributed by atoms with Gasteiger partial charge in [0.25, 0.3) is 0 Å². The number of hydrogen-bond donors (Lipinski definition) is 2. The van der Waals surface area contributed by atoms with Crippen molar-refractivity contribution in [2.75, 3.05) is 16.3 Å². The van der Waals surface area contributed by atoms with Crippen LogP contribution in [0.2, 0.25) is 0 Å². The number of anilines is 2. The highest BCUT2D eigenvalue weighted by Crippen LogP contribution is 2.21. The van der Waals surface area contributed by atoms with Crippen molar-refractivity contribution in [1.82, 2.24) is 4.98 Å². The fourth-order valence-corrected chi connectivity index (χ4v) is 3.02. The van der Waals surface area contributed by atoms with Gasteiger partial charge >= 0.3 is 0 Å². The summed E-state index contributed by atoms with van der Waals surface area (Å²) >= 11 is 0. The van der Waals surface area contributed by atoms with Crippen molar-refractivity contribution in [2.45, 2.75) is 12.8 Å². The van der Waals surface area contributed by atoms with Crippen molar-refractivity contribution in [1.29, 1.82) is 0 Å². The predicted octanol–water partition coefficient (Wildman–Crippen LogP) is 3.42. The van der Waals surface area contributed by atoms with Gasteiger partial charge in [-0.1, -0.05) is 0 Å².